The van der Waals surface area contributed by atoms with Gasteiger partial charge >= 0.3 is 0 Å². The maximum absolute atomic E-state index is 11.2. The maximum atomic E-state index is 11.2. The van der Waals surface area contributed by atoms with Crippen LogP contribution in [0.1, 0.15) is 38.8 Å². The Bertz CT molecular complexity index is 306. The number of hydrogen-bond acceptors (Lipinski definition) is 2. The van der Waals surface area contributed by atoms with Crippen LogP contribution < -0.4 is 5.32 Å². The molecular formula is C13H19NO. The van der Waals surface area contributed by atoms with Gasteiger partial charge in [-0.1, -0.05) is 44.2 Å². The Morgan fingerprint density at radius 2 is 1.87 bits per heavy atom. The van der Waals surface area contributed by atoms with E-state index in [2.05, 4.69) is 31.3 Å². The Kier molecular flexibility index (Phi) is 4.50. The fourth-order valence-electron chi connectivity index (χ4n) is 1.65. The number of ketones is 1. The van der Waals surface area contributed by atoms with Crippen LogP contribution in [-0.4, -0.2) is 11.8 Å². The van der Waals surface area contributed by atoms with E-state index in [9.17, 15) is 4.79 Å². The molecule has 0 fully saturated rings. The van der Waals surface area contributed by atoms with E-state index in [1.807, 2.05) is 18.2 Å². The molecule has 0 radical (unpaired) electrons. The van der Waals surface area contributed by atoms with Gasteiger partial charge in [0.05, 0.1) is 0 Å². The first-order valence-electron chi connectivity index (χ1n) is 5.40. The summed E-state index contributed by atoms with van der Waals surface area (Å²) in [6.45, 7) is 5.82. The van der Waals surface area contributed by atoms with E-state index in [-0.39, 0.29) is 11.8 Å². The Morgan fingerprint density at radius 3 is 2.33 bits per heavy atom. The normalized spacial score (nSPS) is 12.8. The molecule has 0 aliphatic heterocycles. The van der Waals surface area contributed by atoms with Crippen LogP contribution in [0.15, 0.2) is 30.3 Å². The number of rotatable bonds is 5. The zero-order valence-electron chi connectivity index (χ0n) is 9.66. The van der Waals surface area contributed by atoms with E-state index in [1.54, 1.807) is 6.92 Å². The molecule has 2 heteroatoms. The van der Waals surface area contributed by atoms with Gasteiger partial charge < -0.3 is 5.32 Å². The van der Waals surface area contributed by atoms with Crippen molar-refractivity contribution in [1.82, 2.24) is 5.32 Å². The minimum absolute atomic E-state index is 0.142. The standard InChI is InChI=1S/C13H19NO/c1-10(2)14-13(9-11(3)15)12-7-5-4-6-8-12/h4-8,10,13-14H,9H2,1-3H3. The average molecular weight is 205 g/mol. The SMILES string of the molecule is CC(=O)CC(NC(C)C)c1ccccc1. The quantitative estimate of drug-likeness (QED) is 0.800. The largest absolute Gasteiger partial charge is 0.307 e. The summed E-state index contributed by atoms with van der Waals surface area (Å²) in [6.07, 6.45) is 0.558. The second kappa shape index (κ2) is 5.66. The van der Waals surface area contributed by atoms with Gasteiger partial charge in [-0.25, -0.2) is 0 Å². The van der Waals surface area contributed by atoms with Gasteiger partial charge in [-0.3, -0.25) is 4.79 Å². The predicted octanol–water partition coefficient (Wildman–Crippen LogP) is 2.70. The molecule has 1 aromatic rings. The Morgan fingerprint density at radius 1 is 1.27 bits per heavy atom. The predicted molar refractivity (Wildman–Crippen MR) is 62.8 cm³/mol. The molecule has 0 aliphatic carbocycles. The molecule has 1 aromatic carbocycles. The van der Waals surface area contributed by atoms with Crippen molar-refractivity contribution in [3.05, 3.63) is 35.9 Å². The highest BCUT2D eigenvalue weighted by Gasteiger charge is 2.13. The lowest BCUT2D eigenvalue weighted by molar-refractivity contribution is -0.117. The minimum atomic E-state index is 0.142. The lowest BCUT2D eigenvalue weighted by Crippen LogP contribution is -2.29. The molecule has 0 spiro atoms. The molecule has 0 saturated heterocycles. The van der Waals surface area contributed by atoms with Crippen LogP contribution in [-0.2, 0) is 4.79 Å². The summed E-state index contributed by atoms with van der Waals surface area (Å²) in [5.74, 6) is 0.219. The number of Topliss-reactive ketones (excluding diaryl/α,β-unsaturated/α-hetero) is 1. The molecule has 1 N–H and O–H groups in total. The molecule has 2 nitrogen and oxygen atoms in total. The smallest absolute Gasteiger partial charge is 0.131 e. The zero-order chi connectivity index (χ0) is 11.3. The van der Waals surface area contributed by atoms with Crippen LogP contribution in [0.4, 0.5) is 0 Å². The molecule has 0 bridgehead atoms. The van der Waals surface area contributed by atoms with Gasteiger partial charge in [-0.05, 0) is 12.5 Å². The number of nitrogens with one attached hydrogen (secondary N) is 1. The summed E-state index contributed by atoms with van der Waals surface area (Å²) in [4.78, 5) is 11.2. The van der Waals surface area contributed by atoms with Crippen LogP contribution in [0, 0.1) is 0 Å². The van der Waals surface area contributed by atoms with Crippen LogP contribution in [0.3, 0.4) is 0 Å². The highest BCUT2D eigenvalue weighted by molar-refractivity contribution is 5.76. The molecule has 0 heterocycles. The minimum Gasteiger partial charge on any atom is -0.307 e. The van der Waals surface area contributed by atoms with Gasteiger partial charge in [-0.2, -0.15) is 0 Å². The molecule has 0 amide bonds. The number of carbonyl (C=O) groups excluding carboxylic acids is 1. The van der Waals surface area contributed by atoms with Crippen LogP contribution >= 0.6 is 0 Å². The number of benzene rings is 1. The van der Waals surface area contributed by atoms with Crippen molar-refractivity contribution in [2.45, 2.75) is 39.3 Å². The van der Waals surface area contributed by atoms with Gasteiger partial charge in [0.2, 0.25) is 0 Å². The third-order valence-corrected chi connectivity index (χ3v) is 2.23. The molecule has 0 saturated carbocycles. The summed E-state index contributed by atoms with van der Waals surface area (Å²) in [5.41, 5.74) is 1.18. The first-order valence-corrected chi connectivity index (χ1v) is 5.40. The van der Waals surface area contributed by atoms with Crippen LogP contribution in [0.2, 0.25) is 0 Å². The fraction of sp³-hybridized carbons (Fsp3) is 0.462. The van der Waals surface area contributed by atoms with E-state index in [1.165, 1.54) is 5.56 Å². The molecule has 1 rings (SSSR count). The van der Waals surface area contributed by atoms with E-state index >= 15 is 0 Å². The molecule has 0 aromatic heterocycles. The number of carbonyl (C=O) groups is 1. The van der Waals surface area contributed by atoms with Crippen molar-refractivity contribution in [2.24, 2.45) is 0 Å². The Balaban J connectivity index is 2.76. The lowest BCUT2D eigenvalue weighted by atomic mass is 10.0. The summed E-state index contributed by atoms with van der Waals surface area (Å²) in [5, 5.41) is 3.41. The second-order valence-electron chi connectivity index (χ2n) is 4.19. The van der Waals surface area contributed by atoms with Gasteiger partial charge in [0, 0.05) is 18.5 Å². The van der Waals surface area contributed by atoms with Crippen molar-refractivity contribution in [2.75, 3.05) is 0 Å². The Labute approximate surface area is 91.7 Å². The highest BCUT2D eigenvalue weighted by atomic mass is 16.1. The summed E-state index contributed by atoms with van der Waals surface area (Å²) >= 11 is 0. The zero-order valence-corrected chi connectivity index (χ0v) is 9.66. The molecular weight excluding hydrogens is 186 g/mol. The van der Waals surface area contributed by atoms with Gasteiger partial charge in [0.25, 0.3) is 0 Å². The van der Waals surface area contributed by atoms with Crippen molar-refractivity contribution in [3.63, 3.8) is 0 Å². The van der Waals surface area contributed by atoms with Crippen molar-refractivity contribution in [1.29, 1.82) is 0 Å². The summed E-state index contributed by atoms with van der Waals surface area (Å²) < 4.78 is 0. The molecule has 15 heavy (non-hydrogen) atoms. The molecule has 82 valence electrons. The van der Waals surface area contributed by atoms with E-state index in [0.717, 1.165) is 0 Å². The van der Waals surface area contributed by atoms with Gasteiger partial charge in [-0.15, -0.1) is 0 Å². The van der Waals surface area contributed by atoms with E-state index < -0.39 is 0 Å². The topological polar surface area (TPSA) is 29.1 Å². The van der Waals surface area contributed by atoms with Crippen molar-refractivity contribution in [3.8, 4) is 0 Å². The third kappa shape index (κ3) is 4.26. The van der Waals surface area contributed by atoms with Gasteiger partial charge in [0.1, 0.15) is 5.78 Å². The highest BCUT2D eigenvalue weighted by Crippen LogP contribution is 2.17. The average Bonchev–Trinajstić information content (AvgIpc) is 2.17. The third-order valence-electron chi connectivity index (χ3n) is 2.23. The Hall–Kier alpha value is -1.15. The molecule has 0 aliphatic rings. The summed E-state index contributed by atoms with van der Waals surface area (Å²) in [7, 11) is 0. The van der Waals surface area contributed by atoms with E-state index in [4.69, 9.17) is 0 Å². The molecule has 1 unspecified atom stereocenters. The first-order chi connectivity index (χ1) is 7.09. The van der Waals surface area contributed by atoms with Crippen molar-refractivity contribution < 1.29 is 4.79 Å². The summed E-state index contributed by atoms with van der Waals surface area (Å²) in [6, 6.07) is 10.6. The molecule has 1 atom stereocenters. The second-order valence-corrected chi connectivity index (χ2v) is 4.19. The monoisotopic (exact) mass is 205 g/mol. The van der Waals surface area contributed by atoms with E-state index in [0.29, 0.717) is 12.5 Å². The van der Waals surface area contributed by atoms with Gasteiger partial charge in [0.15, 0.2) is 0 Å². The first kappa shape index (κ1) is 11.9. The number of hydrogen-bond donors (Lipinski definition) is 1. The van der Waals surface area contributed by atoms with Crippen molar-refractivity contribution >= 4 is 5.78 Å². The van der Waals surface area contributed by atoms with Crippen LogP contribution in [0.5, 0.6) is 0 Å². The fourth-order valence-corrected chi connectivity index (χ4v) is 1.65. The van der Waals surface area contributed by atoms with Crippen LogP contribution in [0.25, 0.3) is 0 Å². The lowest BCUT2D eigenvalue weighted by Gasteiger charge is -2.20. The maximum Gasteiger partial charge on any atom is 0.131 e.